The monoisotopic (exact) mass is 149 g/mol. The van der Waals surface area contributed by atoms with Crippen LogP contribution in [0.2, 0.25) is 0 Å². The molecule has 0 aromatic rings. The minimum absolute atomic E-state index is 0.343. The number of hydrogen-bond donors (Lipinski definition) is 1. The Bertz CT molecular complexity index is 213. The van der Waals surface area contributed by atoms with Gasteiger partial charge in [-0.3, -0.25) is 0 Å². The second-order valence-electron chi connectivity index (χ2n) is 3.46. The van der Waals surface area contributed by atoms with Crippen LogP contribution in [0.1, 0.15) is 32.1 Å². The first-order chi connectivity index (χ1) is 5.38. The highest BCUT2D eigenvalue weighted by Gasteiger charge is 2.19. The molecule has 1 atom stereocenters. The van der Waals surface area contributed by atoms with Gasteiger partial charge in [0.2, 0.25) is 0 Å². The Morgan fingerprint density at radius 1 is 1.27 bits per heavy atom. The number of rotatable bonds is 0. The molecule has 1 heteroatoms. The Labute approximate surface area is 68.0 Å². The Balaban J connectivity index is 2.24. The zero-order valence-corrected chi connectivity index (χ0v) is 6.84. The molecule has 0 aromatic carbocycles. The molecular weight excluding hydrogens is 134 g/mol. The summed E-state index contributed by atoms with van der Waals surface area (Å²) in [6.07, 6.45) is 10.9. The lowest BCUT2D eigenvalue weighted by molar-refractivity contribution is 0.590. The zero-order chi connectivity index (χ0) is 7.68. The third-order valence-corrected chi connectivity index (χ3v) is 2.65. The molecular formula is C10H15N. The molecule has 0 saturated heterocycles. The van der Waals surface area contributed by atoms with Gasteiger partial charge in [0, 0.05) is 6.04 Å². The van der Waals surface area contributed by atoms with Crippen LogP contribution in [0, 0.1) is 0 Å². The van der Waals surface area contributed by atoms with E-state index in [9.17, 15) is 0 Å². The van der Waals surface area contributed by atoms with Gasteiger partial charge in [-0.1, -0.05) is 12.2 Å². The topological polar surface area (TPSA) is 26.0 Å². The van der Waals surface area contributed by atoms with Crippen molar-refractivity contribution >= 4 is 0 Å². The summed E-state index contributed by atoms with van der Waals surface area (Å²) in [6.45, 7) is 0. The van der Waals surface area contributed by atoms with Crippen molar-refractivity contribution in [1.29, 1.82) is 0 Å². The average molecular weight is 149 g/mol. The highest BCUT2D eigenvalue weighted by Crippen LogP contribution is 2.31. The van der Waals surface area contributed by atoms with Crippen LogP contribution in [0.15, 0.2) is 23.3 Å². The Morgan fingerprint density at radius 2 is 2.09 bits per heavy atom. The smallest absolute Gasteiger partial charge is 0.0294 e. The van der Waals surface area contributed by atoms with Gasteiger partial charge in [-0.25, -0.2) is 0 Å². The normalized spacial score (nSPS) is 30.5. The summed E-state index contributed by atoms with van der Waals surface area (Å²) in [5, 5.41) is 0. The summed E-state index contributed by atoms with van der Waals surface area (Å²) < 4.78 is 0. The van der Waals surface area contributed by atoms with Crippen molar-refractivity contribution in [2.24, 2.45) is 5.73 Å². The van der Waals surface area contributed by atoms with Crippen molar-refractivity contribution < 1.29 is 0 Å². The molecule has 60 valence electrons. The van der Waals surface area contributed by atoms with Crippen molar-refractivity contribution in [3.05, 3.63) is 23.3 Å². The highest BCUT2D eigenvalue weighted by molar-refractivity contribution is 5.39. The molecule has 0 amide bonds. The quantitative estimate of drug-likeness (QED) is 0.561. The van der Waals surface area contributed by atoms with Crippen LogP contribution in [0.5, 0.6) is 0 Å². The molecule has 2 aliphatic carbocycles. The molecule has 1 nitrogen and oxygen atoms in total. The molecule has 0 spiro atoms. The minimum atomic E-state index is 0.343. The van der Waals surface area contributed by atoms with Crippen LogP contribution in [-0.2, 0) is 0 Å². The van der Waals surface area contributed by atoms with Crippen LogP contribution in [0.3, 0.4) is 0 Å². The second-order valence-corrected chi connectivity index (χ2v) is 3.46. The molecule has 2 N–H and O–H groups in total. The Morgan fingerprint density at radius 3 is 2.91 bits per heavy atom. The van der Waals surface area contributed by atoms with Crippen LogP contribution in [-0.4, -0.2) is 6.04 Å². The van der Waals surface area contributed by atoms with E-state index < -0.39 is 0 Å². The maximum atomic E-state index is 5.98. The number of allylic oxidation sites excluding steroid dienone is 2. The second kappa shape index (κ2) is 2.82. The summed E-state index contributed by atoms with van der Waals surface area (Å²) in [7, 11) is 0. The lowest BCUT2D eigenvalue weighted by Gasteiger charge is -2.27. The van der Waals surface area contributed by atoms with Gasteiger partial charge in [0.15, 0.2) is 0 Å². The highest BCUT2D eigenvalue weighted by atomic mass is 14.6. The Kier molecular flexibility index (Phi) is 1.82. The minimum Gasteiger partial charge on any atom is -0.324 e. The van der Waals surface area contributed by atoms with Gasteiger partial charge in [-0.05, 0) is 43.3 Å². The fraction of sp³-hybridized carbons (Fsp3) is 0.600. The third-order valence-electron chi connectivity index (χ3n) is 2.65. The van der Waals surface area contributed by atoms with E-state index in [1.54, 1.807) is 0 Å². The van der Waals surface area contributed by atoms with Crippen molar-refractivity contribution in [1.82, 2.24) is 0 Å². The van der Waals surface area contributed by atoms with Crippen molar-refractivity contribution in [3.63, 3.8) is 0 Å². The fourth-order valence-corrected chi connectivity index (χ4v) is 2.05. The lowest BCUT2D eigenvalue weighted by Crippen LogP contribution is -2.27. The molecule has 1 fully saturated rings. The Hall–Kier alpha value is -0.560. The largest absolute Gasteiger partial charge is 0.324 e. The summed E-state index contributed by atoms with van der Waals surface area (Å²) in [6, 6.07) is 0.343. The average Bonchev–Trinajstić information content (AvgIpc) is 2.06. The molecule has 1 unspecified atom stereocenters. The third kappa shape index (κ3) is 1.25. The first kappa shape index (κ1) is 7.11. The van der Waals surface area contributed by atoms with Crippen LogP contribution >= 0.6 is 0 Å². The standard InChI is InChI=1S/C10H15N/c11-10-7-3-5-8-4-1-2-6-9(8)10/h4,6,10H,1-3,5,7,11H2. The lowest BCUT2D eigenvalue weighted by atomic mass is 9.82. The zero-order valence-electron chi connectivity index (χ0n) is 6.84. The molecule has 11 heavy (non-hydrogen) atoms. The van der Waals surface area contributed by atoms with Gasteiger partial charge in [-0.2, -0.15) is 0 Å². The molecule has 1 saturated carbocycles. The van der Waals surface area contributed by atoms with Crippen molar-refractivity contribution in [2.75, 3.05) is 0 Å². The maximum Gasteiger partial charge on any atom is 0.0294 e. The fourth-order valence-electron chi connectivity index (χ4n) is 2.05. The number of nitrogens with two attached hydrogens (primary N) is 1. The van der Waals surface area contributed by atoms with Crippen LogP contribution in [0.4, 0.5) is 0 Å². The van der Waals surface area contributed by atoms with E-state index in [1.165, 1.54) is 43.3 Å². The first-order valence-electron chi connectivity index (χ1n) is 4.53. The van der Waals surface area contributed by atoms with Crippen molar-refractivity contribution in [2.45, 2.75) is 38.1 Å². The summed E-state index contributed by atoms with van der Waals surface area (Å²) >= 11 is 0. The molecule has 0 radical (unpaired) electrons. The van der Waals surface area contributed by atoms with Gasteiger partial charge < -0.3 is 5.73 Å². The summed E-state index contributed by atoms with van der Waals surface area (Å²) in [4.78, 5) is 0. The van der Waals surface area contributed by atoms with Crippen LogP contribution in [0.25, 0.3) is 0 Å². The first-order valence-corrected chi connectivity index (χ1v) is 4.53. The number of hydrogen-bond acceptors (Lipinski definition) is 1. The van der Waals surface area contributed by atoms with Crippen LogP contribution < -0.4 is 5.73 Å². The van der Waals surface area contributed by atoms with Crippen molar-refractivity contribution in [3.8, 4) is 0 Å². The van der Waals surface area contributed by atoms with E-state index in [-0.39, 0.29) is 0 Å². The predicted octanol–water partition coefficient (Wildman–Crippen LogP) is 2.14. The number of fused-ring (bicyclic) bond motifs is 1. The van der Waals surface area contributed by atoms with Gasteiger partial charge in [0.1, 0.15) is 0 Å². The molecule has 0 bridgehead atoms. The summed E-state index contributed by atoms with van der Waals surface area (Å²) in [5.74, 6) is 0. The van der Waals surface area contributed by atoms with Gasteiger partial charge in [-0.15, -0.1) is 0 Å². The molecule has 0 aliphatic heterocycles. The molecule has 0 aromatic heterocycles. The van der Waals surface area contributed by atoms with Gasteiger partial charge >= 0.3 is 0 Å². The van der Waals surface area contributed by atoms with E-state index in [0.717, 1.165) is 0 Å². The molecule has 0 heterocycles. The van der Waals surface area contributed by atoms with Gasteiger partial charge in [0.25, 0.3) is 0 Å². The predicted molar refractivity (Wildman–Crippen MR) is 47.2 cm³/mol. The van der Waals surface area contributed by atoms with E-state index >= 15 is 0 Å². The molecule has 2 aliphatic rings. The van der Waals surface area contributed by atoms with Gasteiger partial charge in [0.05, 0.1) is 0 Å². The molecule has 2 rings (SSSR count). The maximum absolute atomic E-state index is 5.98. The van der Waals surface area contributed by atoms with E-state index in [0.29, 0.717) is 6.04 Å². The SMILES string of the molecule is NC1CCCC2=CCCC=C21. The van der Waals surface area contributed by atoms with E-state index in [1.807, 2.05) is 0 Å². The van der Waals surface area contributed by atoms with E-state index in [2.05, 4.69) is 12.2 Å². The van der Waals surface area contributed by atoms with E-state index in [4.69, 9.17) is 5.73 Å². The summed E-state index contributed by atoms with van der Waals surface area (Å²) in [5.41, 5.74) is 8.96.